The van der Waals surface area contributed by atoms with Crippen LogP contribution in [0.5, 0.6) is 0 Å². The molecule has 170 valence electrons. The molecule has 0 spiro atoms. The van der Waals surface area contributed by atoms with Gasteiger partial charge in [-0.3, -0.25) is 0 Å². The molecule has 1 saturated heterocycles. The predicted octanol–water partition coefficient (Wildman–Crippen LogP) is 2.81. The van der Waals surface area contributed by atoms with Gasteiger partial charge < -0.3 is 15.3 Å². The van der Waals surface area contributed by atoms with Crippen LogP contribution in [0.2, 0.25) is 0 Å². The summed E-state index contributed by atoms with van der Waals surface area (Å²) in [6.07, 6.45) is -2.93. The lowest BCUT2D eigenvalue weighted by Crippen LogP contribution is -2.47. The van der Waals surface area contributed by atoms with E-state index in [1.54, 1.807) is 13.8 Å². The molecule has 12 heteroatoms. The van der Waals surface area contributed by atoms with Crippen LogP contribution in [-0.2, 0) is 16.2 Å². The molecule has 0 radical (unpaired) electrons. The van der Waals surface area contributed by atoms with Gasteiger partial charge in [0.05, 0.1) is 10.5 Å². The van der Waals surface area contributed by atoms with Crippen LogP contribution in [0.3, 0.4) is 0 Å². The van der Waals surface area contributed by atoms with E-state index in [-0.39, 0.29) is 23.2 Å². The van der Waals surface area contributed by atoms with Gasteiger partial charge in [0.1, 0.15) is 11.4 Å². The number of rotatable bonds is 5. The van der Waals surface area contributed by atoms with Gasteiger partial charge in [-0.05, 0) is 57.5 Å². The van der Waals surface area contributed by atoms with E-state index in [9.17, 15) is 26.7 Å². The zero-order chi connectivity index (χ0) is 23.0. The number of hydrogen-bond acceptors (Lipinski definition) is 7. The summed E-state index contributed by atoms with van der Waals surface area (Å²) in [5.41, 5.74) is -1.11. The van der Waals surface area contributed by atoms with Crippen molar-refractivity contribution in [3.05, 3.63) is 35.5 Å². The lowest BCUT2D eigenvalue weighted by molar-refractivity contribution is -0.137. The fraction of sp³-hybridized carbons (Fsp3) is 0.474. The highest BCUT2D eigenvalue weighted by Gasteiger charge is 2.39. The summed E-state index contributed by atoms with van der Waals surface area (Å²) in [5, 5.41) is 13.2. The molecule has 0 amide bonds. The first-order valence-corrected chi connectivity index (χ1v) is 11.0. The van der Waals surface area contributed by atoms with Crippen LogP contribution in [0, 0.1) is 6.92 Å². The number of sulfonamides is 1. The first-order chi connectivity index (χ1) is 14.3. The second-order valence-electron chi connectivity index (χ2n) is 7.76. The molecule has 2 aromatic rings. The highest BCUT2D eigenvalue weighted by molar-refractivity contribution is 7.89. The molecule has 1 aliphatic rings. The molecule has 1 aliphatic heterocycles. The minimum absolute atomic E-state index is 0.0160. The number of aryl methyl sites for hydroxylation is 1. The maximum absolute atomic E-state index is 13.6. The van der Waals surface area contributed by atoms with E-state index in [1.807, 2.05) is 0 Å². The van der Waals surface area contributed by atoms with Crippen molar-refractivity contribution in [2.45, 2.75) is 43.4 Å². The Morgan fingerprint density at radius 3 is 2.58 bits per heavy atom. The first-order valence-electron chi connectivity index (χ1n) is 9.55. The number of anilines is 3. The average Bonchev–Trinajstić information content (AvgIpc) is 2.67. The molecule has 3 rings (SSSR count). The number of alkyl halides is 3. The number of hydrogen-bond donors (Lipinski definition) is 3. The van der Waals surface area contributed by atoms with Crippen LogP contribution in [0.4, 0.5) is 30.6 Å². The largest absolute Gasteiger partial charge is 0.421 e. The third kappa shape index (κ3) is 5.25. The van der Waals surface area contributed by atoms with Crippen molar-refractivity contribution < 1.29 is 26.7 Å². The Balaban J connectivity index is 1.96. The summed E-state index contributed by atoms with van der Waals surface area (Å²) in [7, 11) is -2.33. The summed E-state index contributed by atoms with van der Waals surface area (Å²) in [5.74, 6) is -0.377. The van der Waals surface area contributed by atoms with Crippen molar-refractivity contribution in [3.8, 4) is 0 Å². The number of piperidine rings is 1. The van der Waals surface area contributed by atoms with Gasteiger partial charge >= 0.3 is 6.18 Å². The summed E-state index contributed by atoms with van der Waals surface area (Å²) in [4.78, 5) is 9.36. The normalized spacial score (nSPS) is 20.0. The lowest BCUT2D eigenvalue weighted by Gasteiger charge is -2.38. The third-order valence-corrected chi connectivity index (χ3v) is 6.48. The van der Waals surface area contributed by atoms with Crippen molar-refractivity contribution in [1.29, 1.82) is 0 Å². The maximum Gasteiger partial charge on any atom is 0.421 e. The average molecular weight is 459 g/mol. The molecule has 0 saturated carbocycles. The summed E-state index contributed by atoms with van der Waals surface area (Å²) in [6.45, 7) is 3.58. The first kappa shape index (κ1) is 23.2. The Bertz CT molecular complexity index is 1070. The molecule has 8 nitrogen and oxygen atoms in total. The number of benzene rings is 1. The van der Waals surface area contributed by atoms with Gasteiger partial charge in [-0.25, -0.2) is 18.1 Å². The fourth-order valence-corrected chi connectivity index (χ4v) is 4.27. The molecule has 1 fully saturated rings. The van der Waals surface area contributed by atoms with E-state index >= 15 is 0 Å². The molecule has 2 heterocycles. The monoisotopic (exact) mass is 459 g/mol. The van der Waals surface area contributed by atoms with Gasteiger partial charge in [0, 0.05) is 25.0 Å². The van der Waals surface area contributed by atoms with Crippen LogP contribution in [0.25, 0.3) is 0 Å². The minimum Gasteiger partial charge on any atom is -0.388 e. The Labute approximate surface area is 178 Å². The summed E-state index contributed by atoms with van der Waals surface area (Å²) in [6, 6.07) is 4.29. The van der Waals surface area contributed by atoms with Gasteiger partial charge in [0.2, 0.25) is 16.0 Å². The summed E-state index contributed by atoms with van der Waals surface area (Å²) < 4.78 is 66.8. The number of aliphatic hydroxyl groups is 1. The smallest absolute Gasteiger partial charge is 0.388 e. The van der Waals surface area contributed by atoms with Gasteiger partial charge in [-0.2, -0.15) is 18.2 Å². The van der Waals surface area contributed by atoms with Crippen LogP contribution in [0.15, 0.2) is 29.3 Å². The van der Waals surface area contributed by atoms with E-state index in [2.05, 4.69) is 20.0 Å². The number of halogens is 3. The van der Waals surface area contributed by atoms with Crippen molar-refractivity contribution in [2.75, 3.05) is 30.4 Å². The quantitative estimate of drug-likeness (QED) is 0.631. The van der Waals surface area contributed by atoms with E-state index in [0.717, 1.165) is 0 Å². The fourth-order valence-electron chi connectivity index (χ4n) is 3.46. The molecular weight excluding hydrogens is 435 g/mol. The topological polar surface area (TPSA) is 107 Å². The van der Waals surface area contributed by atoms with E-state index in [4.69, 9.17) is 0 Å². The SMILES string of the molecule is CNS(=O)(=O)c1ccc(Nc2ncc(C(F)(F)F)c(N3CCCC(C)(O)C3)n2)c(C)c1. The Hall–Kier alpha value is -2.44. The van der Waals surface area contributed by atoms with Crippen molar-refractivity contribution in [2.24, 2.45) is 0 Å². The zero-order valence-electron chi connectivity index (χ0n) is 17.3. The number of aromatic nitrogens is 2. The number of nitrogens with zero attached hydrogens (tertiary/aromatic N) is 3. The highest BCUT2D eigenvalue weighted by Crippen LogP contribution is 2.37. The molecule has 1 aromatic carbocycles. The second-order valence-corrected chi connectivity index (χ2v) is 9.65. The maximum atomic E-state index is 13.6. The molecular formula is C19H24F3N5O3S. The van der Waals surface area contributed by atoms with Crippen molar-refractivity contribution in [3.63, 3.8) is 0 Å². The standard InChI is InChI=1S/C19H24F3N5O3S/c1-12-9-13(31(29,30)23-3)5-6-15(12)25-17-24-10-14(19(20,21)22)16(26-17)27-8-4-7-18(2,28)11-27/h5-6,9-10,23,28H,4,7-8,11H2,1-3H3,(H,24,25,26). The van der Waals surface area contributed by atoms with E-state index in [0.29, 0.717) is 36.8 Å². The molecule has 1 unspecified atom stereocenters. The number of nitrogens with one attached hydrogen (secondary N) is 2. The van der Waals surface area contributed by atoms with Crippen molar-refractivity contribution >= 4 is 27.5 Å². The Kier molecular flexibility index (Phi) is 6.18. The number of β-amino-alcohol motifs (C(OH)–C–C–N with tert-alkyl or cyclic N) is 1. The molecule has 1 atom stereocenters. The van der Waals surface area contributed by atoms with E-state index < -0.39 is 27.4 Å². The molecule has 1 aromatic heterocycles. The Morgan fingerprint density at radius 2 is 2.00 bits per heavy atom. The molecule has 3 N–H and O–H groups in total. The Morgan fingerprint density at radius 1 is 1.29 bits per heavy atom. The van der Waals surface area contributed by atoms with Crippen LogP contribution < -0.4 is 14.9 Å². The van der Waals surface area contributed by atoms with Crippen molar-refractivity contribution in [1.82, 2.24) is 14.7 Å². The molecule has 0 bridgehead atoms. The van der Waals surface area contributed by atoms with Gasteiger partial charge in [-0.1, -0.05) is 0 Å². The molecule has 0 aliphatic carbocycles. The van der Waals surface area contributed by atoms with Gasteiger partial charge in [0.25, 0.3) is 0 Å². The second kappa shape index (κ2) is 8.24. The van der Waals surface area contributed by atoms with Crippen LogP contribution in [0.1, 0.15) is 30.9 Å². The van der Waals surface area contributed by atoms with Crippen LogP contribution >= 0.6 is 0 Å². The summed E-state index contributed by atoms with van der Waals surface area (Å²) >= 11 is 0. The molecule has 31 heavy (non-hydrogen) atoms. The minimum atomic E-state index is -4.66. The van der Waals surface area contributed by atoms with Gasteiger partial charge in [0.15, 0.2) is 0 Å². The highest BCUT2D eigenvalue weighted by atomic mass is 32.2. The predicted molar refractivity (Wildman–Crippen MR) is 110 cm³/mol. The van der Waals surface area contributed by atoms with Crippen LogP contribution in [-0.4, -0.2) is 49.2 Å². The van der Waals surface area contributed by atoms with E-state index in [1.165, 1.54) is 30.1 Å². The van der Waals surface area contributed by atoms with Gasteiger partial charge in [-0.15, -0.1) is 0 Å². The zero-order valence-corrected chi connectivity index (χ0v) is 18.1. The third-order valence-electron chi connectivity index (χ3n) is 5.07. The lowest BCUT2D eigenvalue weighted by atomic mass is 9.95.